The number of ether oxygens (including phenoxy) is 2. The molecular formula is C16H16N2O5S. The first-order valence-corrected chi connectivity index (χ1v) is 7.76. The zero-order chi connectivity index (χ0) is 17.9. The van der Waals surface area contributed by atoms with Crippen LogP contribution in [-0.2, 0) is 23.9 Å². The van der Waals surface area contributed by atoms with Crippen LogP contribution >= 0.6 is 11.8 Å². The maximum atomic E-state index is 11.8. The SMILES string of the molecule is CCOC(=O)/C=C/C(=O)OCC(=O)Nc1ccc(SC#N)cc1C. The third-order valence-corrected chi connectivity index (χ3v) is 3.20. The fraction of sp³-hybridized carbons (Fsp3) is 0.250. The summed E-state index contributed by atoms with van der Waals surface area (Å²) in [4.78, 5) is 34.9. The molecule has 0 aliphatic carbocycles. The van der Waals surface area contributed by atoms with Crippen LogP contribution in [0, 0.1) is 17.6 Å². The van der Waals surface area contributed by atoms with Gasteiger partial charge >= 0.3 is 11.9 Å². The van der Waals surface area contributed by atoms with Crippen LogP contribution < -0.4 is 5.32 Å². The zero-order valence-corrected chi connectivity index (χ0v) is 14.0. The summed E-state index contributed by atoms with van der Waals surface area (Å²) in [6, 6.07) is 5.12. The molecule has 126 valence electrons. The van der Waals surface area contributed by atoms with Crippen LogP contribution in [0.5, 0.6) is 0 Å². The molecule has 0 fully saturated rings. The number of nitrogens with one attached hydrogen (secondary N) is 1. The molecule has 0 aliphatic heterocycles. The highest BCUT2D eigenvalue weighted by Gasteiger charge is 2.08. The normalized spacial score (nSPS) is 10.0. The number of benzene rings is 1. The Bertz CT molecular complexity index is 694. The van der Waals surface area contributed by atoms with Gasteiger partial charge in [0.05, 0.1) is 6.61 Å². The molecule has 0 aromatic heterocycles. The predicted octanol–water partition coefficient (Wildman–Crippen LogP) is 2.17. The summed E-state index contributed by atoms with van der Waals surface area (Å²) in [5.41, 5.74) is 1.33. The van der Waals surface area contributed by atoms with Crippen molar-refractivity contribution in [3.63, 3.8) is 0 Å². The Kier molecular flexibility index (Phi) is 8.08. The lowest BCUT2D eigenvalue weighted by atomic mass is 10.2. The maximum absolute atomic E-state index is 11.8. The minimum absolute atomic E-state index is 0.200. The molecule has 1 aromatic carbocycles. The Labute approximate surface area is 143 Å². The first-order chi connectivity index (χ1) is 11.5. The van der Waals surface area contributed by atoms with E-state index in [9.17, 15) is 14.4 Å². The van der Waals surface area contributed by atoms with E-state index >= 15 is 0 Å². The van der Waals surface area contributed by atoms with E-state index in [0.29, 0.717) is 5.69 Å². The molecule has 1 aromatic rings. The first kappa shape index (κ1) is 19.3. The van der Waals surface area contributed by atoms with E-state index < -0.39 is 24.5 Å². The maximum Gasteiger partial charge on any atom is 0.331 e. The smallest absolute Gasteiger partial charge is 0.331 e. The number of thiocyanates is 1. The quantitative estimate of drug-likeness (QED) is 0.348. The molecule has 0 aliphatic rings. The van der Waals surface area contributed by atoms with Crippen LogP contribution in [0.25, 0.3) is 0 Å². The summed E-state index contributed by atoms with van der Waals surface area (Å²) in [5.74, 6) is -2.00. The molecule has 0 heterocycles. The van der Waals surface area contributed by atoms with Crippen LogP contribution in [0.4, 0.5) is 5.69 Å². The van der Waals surface area contributed by atoms with Gasteiger partial charge in [0.15, 0.2) is 6.61 Å². The second-order valence-electron chi connectivity index (χ2n) is 4.41. The highest BCUT2D eigenvalue weighted by atomic mass is 32.2. The molecule has 8 heteroatoms. The lowest BCUT2D eigenvalue weighted by molar-refractivity contribution is -0.143. The molecule has 0 bridgehead atoms. The Balaban J connectivity index is 2.48. The van der Waals surface area contributed by atoms with Crippen molar-refractivity contribution < 1.29 is 23.9 Å². The van der Waals surface area contributed by atoms with Gasteiger partial charge in [-0.15, -0.1) is 0 Å². The highest BCUT2D eigenvalue weighted by Crippen LogP contribution is 2.23. The molecule has 24 heavy (non-hydrogen) atoms. The van der Waals surface area contributed by atoms with Gasteiger partial charge in [-0.3, -0.25) is 4.79 Å². The van der Waals surface area contributed by atoms with Crippen LogP contribution in [0.15, 0.2) is 35.2 Å². The summed E-state index contributed by atoms with van der Waals surface area (Å²) in [7, 11) is 0. The second kappa shape index (κ2) is 10.1. The van der Waals surface area contributed by atoms with Crippen molar-refractivity contribution >= 4 is 35.3 Å². The van der Waals surface area contributed by atoms with Gasteiger partial charge in [0, 0.05) is 22.7 Å². The number of thioether (sulfide) groups is 1. The van der Waals surface area contributed by atoms with Crippen molar-refractivity contribution in [1.29, 1.82) is 5.26 Å². The molecular weight excluding hydrogens is 332 g/mol. The summed E-state index contributed by atoms with van der Waals surface area (Å²) in [5, 5.41) is 13.2. The summed E-state index contributed by atoms with van der Waals surface area (Å²) in [6.07, 6.45) is 1.82. The van der Waals surface area contributed by atoms with Crippen molar-refractivity contribution in [2.75, 3.05) is 18.5 Å². The molecule has 0 saturated carbocycles. The lowest BCUT2D eigenvalue weighted by Gasteiger charge is -2.09. The van der Waals surface area contributed by atoms with E-state index in [-0.39, 0.29) is 6.61 Å². The monoisotopic (exact) mass is 348 g/mol. The molecule has 1 rings (SSSR count). The average Bonchev–Trinajstić information content (AvgIpc) is 2.54. The molecule has 1 amide bonds. The van der Waals surface area contributed by atoms with E-state index in [2.05, 4.69) is 10.1 Å². The molecule has 1 N–H and O–H groups in total. The van der Waals surface area contributed by atoms with Gasteiger partial charge in [0.1, 0.15) is 5.40 Å². The number of esters is 2. The van der Waals surface area contributed by atoms with Crippen molar-refractivity contribution in [2.45, 2.75) is 18.7 Å². The fourth-order valence-corrected chi connectivity index (χ4v) is 2.07. The molecule has 7 nitrogen and oxygen atoms in total. The lowest BCUT2D eigenvalue weighted by Crippen LogP contribution is -2.20. The number of nitrogens with zero attached hydrogens (tertiary/aromatic N) is 1. The first-order valence-electron chi connectivity index (χ1n) is 6.94. The van der Waals surface area contributed by atoms with Crippen molar-refractivity contribution in [3.05, 3.63) is 35.9 Å². The van der Waals surface area contributed by atoms with E-state index in [1.807, 2.05) is 5.40 Å². The minimum Gasteiger partial charge on any atom is -0.463 e. The second-order valence-corrected chi connectivity index (χ2v) is 5.27. The summed E-state index contributed by atoms with van der Waals surface area (Å²) < 4.78 is 9.32. The number of carbonyl (C=O) groups is 3. The number of hydrogen-bond donors (Lipinski definition) is 1. The number of hydrogen-bond acceptors (Lipinski definition) is 7. The third-order valence-electron chi connectivity index (χ3n) is 2.62. The molecule has 0 atom stereocenters. The van der Waals surface area contributed by atoms with E-state index in [0.717, 1.165) is 34.4 Å². The van der Waals surface area contributed by atoms with Gasteiger partial charge < -0.3 is 14.8 Å². The van der Waals surface area contributed by atoms with Crippen LogP contribution in [0.1, 0.15) is 12.5 Å². The molecule has 0 spiro atoms. The largest absolute Gasteiger partial charge is 0.463 e. The van der Waals surface area contributed by atoms with Gasteiger partial charge in [-0.25, -0.2) is 9.59 Å². The average molecular weight is 348 g/mol. The third kappa shape index (κ3) is 6.98. The Morgan fingerprint density at radius 2 is 1.92 bits per heavy atom. The van der Waals surface area contributed by atoms with Gasteiger partial charge in [0.2, 0.25) is 0 Å². The van der Waals surface area contributed by atoms with E-state index in [1.165, 1.54) is 0 Å². The van der Waals surface area contributed by atoms with Crippen molar-refractivity contribution in [3.8, 4) is 5.40 Å². The number of rotatable bonds is 7. The topological polar surface area (TPSA) is 105 Å². The van der Waals surface area contributed by atoms with Crippen molar-refractivity contribution in [1.82, 2.24) is 0 Å². The number of anilines is 1. The van der Waals surface area contributed by atoms with E-state index in [1.54, 1.807) is 32.0 Å². The standard InChI is InChI=1S/C16H16N2O5S/c1-3-22-15(20)6-7-16(21)23-9-14(19)18-13-5-4-12(24-10-17)8-11(13)2/h4-8H,3,9H2,1-2H3,(H,18,19)/b7-6+. The summed E-state index contributed by atoms with van der Waals surface area (Å²) in [6.45, 7) is 3.14. The van der Waals surface area contributed by atoms with E-state index in [4.69, 9.17) is 10.00 Å². The van der Waals surface area contributed by atoms with Crippen LogP contribution in [0.3, 0.4) is 0 Å². The van der Waals surface area contributed by atoms with Gasteiger partial charge in [-0.1, -0.05) is 0 Å². The predicted molar refractivity (Wildman–Crippen MR) is 88.0 cm³/mol. The number of amides is 1. The molecule has 0 unspecified atom stereocenters. The Hall–Kier alpha value is -2.79. The number of aryl methyl sites for hydroxylation is 1. The Morgan fingerprint density at radius 3 is 2.50 bits per heavy atom. The molecule has 0 saturated heterocycles. The van der Waals surface area contributed by atoms with Crippen LogP contribution in [0.2, 0.25) is 0 Å². The highest BCUT2D eigenvalue weighted by molar-refractivity contribution is 8.03. The number of carbonyl (C=O) groups excluding carboxylic acids is 3. The summed E-state index contributed by atoms with van der Waals surface area (Å²) >= 11 is 1.02. The van der Waals surface area contributed by atoms with Gasteiger partial charge in [0.25, 0.3) is 5.91 Å². The zero-order valence-electron chi connectivity index (χ0n) is 13.2. The number of nitriles is 1. The van der Waals surface area contributed by atoms with Gasteiger partial charge in [-0.2, -0.15) is 5.26 Å². The van der Waals surface area contributed by atoms with Crippen LogP contribution in [-0.4, -0.2) is 31.1 Å². The van der Waals surface area contributed by atoms with Crippen molar-refractivity contribution in [2.24, 2.45) is 0 Å². The minimum atomic E-state index is -0.823. The molecule has 0 radical (unpaired) electrons. The fourth-order valence-electron chi connectivity index (χ4n) is 1.59. The Morgan fingerprint density at radius 1 is 1.25 bits per heavy atom. The van der Waals surface area contributed by atoms with Gasteiger partial charge in [-0.05, 0) is 49.4 Å².